The molecule has 0 spiro atoms. The van der Waals surface area contributed by atoms with Crippen molar-refractivity contribution in [1.29, 1.82) is 0 Å². The Kier molecular flexibility index (Phi) is 4.40. The number of hydrogen-bond donors (Lipinski definition) is 1. The zero-order valence-corrected chi connectivity index (χ0v) is 14.5. The van der Waals surface area contributed by atoms with Gasteiger partial charge in [0.2, 0.25) is 0 Å². The van der Waals surface area contributed by atoms with Crippen LogP contribution in [0.5, 0.6) is 0 Å². The first-order valence-electron chi connectivity index (χ1n) is 7.15. The molecular formula is C15H18Cl2OPS+. The summed E-state index contributed by atoms with van der Waals surface area (Å²) in [6.07, 6.45) is 7.04. The van der Waals surface area contributed by atoms with Crippen LogP contribution in [0.4, 0.5) is 0 Å². The zero-order valence-electron chi connectivity index (χ0n) is 11.2. The van der Waals surface area contributed by atoms with Crippen molar-refractivity contribution in [2.75, 3.05) is 0 Å². The lowest BCUT2D eigenvalue weighted by atomic mass is 9.99. The highest BCUT2D eigenvalue weighted by molar-refractivity contribution is 8.59. The molecule has 0 aromatic heterocycles. The minimum atomic E-state index is -1.96. The van der Waals surface area contributed by atoms with E-state index >= 15 is 0 Å². The minimum absolute atomic E-state index is 0.144. The lowest BCUT2D eigenvalue weighted by Gasteiger charge is -2.42. The van der Waals surface area contributed by atoms with Crippen LogP contribution in [0, 0.1) is 0 Å². The van der Waals surface area contributed by atoms with Crippen LogP contribution in [-0.4, -0.2) is 16.8 Å². The van der Waals surface area contributed by atoms with Gasteiger partial charge in [-0.25, -0.2) is 4.79 Å². The number of carbonyl (C=O) groups is 1. The van der Waals surface area contributed by atoms with Crippen molar-refractivity contribution in [3.8, 4) is 0 Å². The average Bonchev–Trinajstić information content (AvgIpc) is 2.37. The third-order valence-corrected chi connectivity index (χ3v) is 12.0. The third kappa shape index (κ3) is 2.33. The first-order chi connectivity index (χ1) is 9.55. The Morgan fingerprint density at radius 3 is 1.95 bits per heavy atom. The van der Waals surface area contributed by atoms with Crippen molar-refractivity contribution >= 4 is 47.4 Å². The molecule has 108 valence electrons. The molecule has 2 bridgehead atoms. The molecule has 0 amide bonds. The highest BCUT2D eigenvalue weighted by Crippen LogP contribution is 2.80. The Labute approximate surface area is 135 Å². The minimum Gasteiger partial charge on any atom is -0.246 e. The summed E-state index contributed by atoms with van der Waals surface area (Å²) in [5.74, 6) is 0. The number of fused-ring (bicyclic) bond motifs is 2. The van der Waals surface area contributed by atoms with Gasteiger partial charge in [0.1, 0.15) is 0 Å². The Morgan fingerprint density at radius 2 is 1.50 bits per heavy atom. The van der Waals surface area contributed by atoms with Crippen LogP contribution in [0.1, 0.15) is 48.9 Å². The molecule has 1 aromatic rings. The van der Waals surface area contributed by atoms with Crippen LogP contribution in [0.15, 0.2) is 18.2 Å². The first-order valence-corrected chi connectivity index (χ1v) is 11.0. The van der Waals surface area contributed by atoms with Gasteiger partial charge in [0.25, 0.3) is 0 Å². The van der Waals surface area contributed by atoms with Gasteiger partial charge in [0, 0.05) is 12.2 Å². The van der Waals surface area contributed by atoms with E-state index < -0.39 is 6.46 Å². The lowest BCUT2D eigenvalue weighted by molar-refractivity contribution is 0.107. The molecule has 0 N–H and O–H groups in total. The molecule has 2 saturated heterocycles. The largest absolute Gasteiger partial charge is 0.312 e. The van der Waals surface area contributed by atoms with Gasteiger partial charge in [0.05, 0.1) is 26.9 Å². The van der Waals surface area contributed by atoms with Crippen molar-refractivity contribution in [1.82, 2.24) is 0 Å². The fourth-order valence-electron chi connectivity index (χ4n) is 3.77. The van der Waals surface area contributed by atoms with Crippen LogP contribution >= 0.6 is 41.9 Å². The summed E-state index contributed by atoms with van der Waals surface area (Å²) in [6, 6.07) is 5.29. The van der Waals surface area contributed by atoms with Crippen LogP contribution in [0.25, 0.3) is 0 Å². The van der Waals surface area contributed by atoms with Gasteiger partial charge in [0.15, 0.2) is 6.46 Å². The Hall–Kier alpha value is 0.250. The van der Waals surface area contributed by atoms with E-state index in [2.05, 4.69) is 0 Å². The van der Waals surface area contributed by atoms with E-state index in [1.807, 2.05) is 0 Å². The standard InChI is InChI=1S/C15H18Cl2OPS/c16-12-8-3-9-13(17)14(12)15(18)19(20)10-4-1-5-11(19)7-2-6-10/h3,8-11,20H,1-2,4-7H2/q+1. The highest BCUT2D eigenvalue weighted by atomic mass is 35.5. The maximum Gasteiger partial charge on any atom is 0.312 e. The lowest BCUT2D eigenvalue weighted by Crippen LogP contribution is -2.34. The summed E-state index contributed by atoms with van der Waals surface area (Å²) in [5, 5.41) is 0.944. The predicted molar refractivity (Wildman–Crippen MR) is 92.0 cm³/mol. The van der Waals surface area contributed by atoms with Crippen molar-refractivity contribution in [3.63, 3.8) is 0 Å². The fourth-order valence-corrected chi connectivity index (χ4v) is 10.3. The van der Waals surface area contributed by atoms with E-state index in [1.165, 1.54) is 12.8 Å². The van der Waals surface area contributed by atoms with E-state index in [0.717, 1.165) is 25.7 Å². The summed E-state index contributed by atoms with van der Waals surface area (Å²) in [7, 11) is 0. The predicted octanol–water partition coefficient (Wildman–Crippen LogP) is 6.10. The number of thiol groups is 1. The van der Waals surface area contributed by atoms with Crippen LogP contribution in [0.3, 0.4) is 0 Å². The molecule has 2 aliphatic rings. The fraction of sp³-hybridized carbons (Fsp3) is 0.533. The normalized spacial score (nSPS) is 33.0. The van der Waals surface area contributed by atoms with E-state index in [1.54, 1.807) is 18.2 Å². The summed E-state index contributed by atoms with van der Waals surface area (Å²) >= 11 is 17.5. The SMILES string of the molecule is O=C(c1c(Cl)cccc1Cl)[P+]1(S)C2CCCC1CCC2. The van der Waals surface area contributed by atoms with Gasteiger partial charge in [-0.2, -0.15) is 0 Å². The van der Waals surface area contributed by atoms with Gasteiger partial charge in [-0.3, -0.25) is 0 Å². The monoisotopic (exact) mass is 347 g/mol. The second kappa shape index (κ2) is 5.80. The van der Waals surface area contributed by atoms with Crippen LogP contribution in [0.2, 0.25) is 10.0 Å². The molecule has 2 aliphatic heterocycles. The molecule has 0 unspecified atom stereocenters. The average molecular weight is 348 g/mol. The molecular weight excluding hydrogens is 330 g/mol. The maximum atomic E-state index is 13.2. The van der Waals surface area contributed by atoms with Crippen molar-refractivity contribution in [2.24, 2.45) is 0 Å². The molecule has 0 saturated carbocycles. The molecule has 20 heavy (non-hydrogen) atoms. The number of carbonyl (C=O) groups excluding carboxylic acids is 1. The van der Waals surface area contributed by atoms with Crippen LogP contribution < -0.4 is 0 Å². The van der Waals surface area contributed by atoms with Gasteiger partial charge in [-0.05, 0) is 50.7 Å². The van der Waals surface area contributed by atoms with Crippen molar-refractivity contribution in [2.45, 2.75) is 49.8 Å². The van der Waals surface area contributed by atoms with Gasteiger partial charge < -0.3 is 0 Å². The summed E-state index contributed by atoms with van der Waals surface area (Å²) in [6.45, 7) is -1.96. The maximum absolute atomic E-state index is 13.2. The number of hydrogen-bond acceptors (Lipinski definition) is 2. The third-order valence-electron chi connectivity index (χ3n) is 4.76. The molecule has 1 nitrogen and oxygen atoms in total. The Morgan fingerprint density at radius 1 is 1.05 bits per heavy atom. The van der Waals surface area contributed by atoms with Gasteiger partial charge in [-0.1, -0.05) is 29.3 Å². The molecule has 0 atom stereocenters. The quantitative estimate of drug-likeness (QED) is 0.505. The van der Waals surface area contributed by atoms with Crippen molar-refractivity contribution in [3.05, 3.63) is 33.8 Å². The van der Waals surface area contributed by atoms with E-state index in [0.29, 0.717) is 26.9 Å². The van der Waals surface area contributed by atoms with E-state index in [-0.39, 0.29) is 5.52 Å². The van der Waals surface area contributed by atoms with E-state index in [9.17, 15) is 4.79 Å². The smallest absolute Gasteiger partial charge is 0.246 e. The molecule has 2 fully saturated rings. The Bertz CT molecular complexity index is 506. The van der Waals surface area contributed by atoms with Crippen LogP contribution in [-0.2, 0) is 0 Å². The molecule has 1 aromatic carbocycles. The molecule has 2 heterocycles. The highest BCUT2D eigenvalue weighted by Gasteiger charge is 2.60. The number of benzene rings is 1. The second-order valence-corrected chi connectivity index (χ2v) is 12.0. The summed E-state index contributed by atoms with van der Waals surface area (Å²) in [4.78, 5) is 13.2. The second-order valence-electron chi connectivity index (χ2n) is 5.81. The number of halogens is 2. The molecule has 3 rings (SSSR count). The van der Waals surface area contributed by atoms with Gasteiger partial charge >= 0.3 is 5.52 Å². The summed E-state index contributed by atoms with van der Waals surface area (Å²) in [5.41, 5.74) is 1.60. The molecule has 0 aliphatic carbocycles. The summed E-state index contributed by atoms with van der Waals surface area (Å²) < 4.78 is 0. The number of rotatable bonds is 2. The zero-order chi connectivity index (χ0) is 14.3. The Balaban J connectivity index is 2.04. The molecule has 0 radical (unpaired) electrons. The van der Waals surface area contributed by atoms with E-state index in [4.69, 9.17) is 35.5 Å². The topological polar surface area (TPSA) is 17.1 Å². The van der Waals surface area contributed by atoms with Gasteiger partial charge in [-0.15, -0.1) is 0 Å². The molecule has 5 heteroatoms. The first kappa shape index (κ1) is 15.2. The van der Waals surface area contributed by atoms with Crippen molar-refractivity contribution < 1.29 is 4.79 Å².